The molecule has 0 aliphatic carbocycles. The summed E-state index contributed by atoms with van der Waals surface area (Å²) in [6, 6.07) is 11.8. The lowest BCUT2D eigenvalue weighted by molar-refractivity contribution is -0.114. The lowest BCUT2D eigenvalue weighted by atomic mass is 10.2. The maximum Gasteiger partial charge on any atom is 0.243 e. The molecule has 2 heterocycles. The number of carbonyl (C=O) groups excluding carboxylic acids is 1. The summed E-state index contributed by atoms with van der Waals surface area (Å²) in [4.78, 5) is 12.5. The zero-order chi connectivity index (χ0) is 21.7. The molecule has 1 fully saturated rings. The summed E-state index contributed by atoms with van der Waals surface area (Å²) in [5.41, 5.74) is 1.29. The first-order valence-electron chi connectivity index (χ1n) is 10.6. The van der Waals surface area contributed by atoms with Gasteiger partial charge in [-0.3, -0.25) is 4.79 Å². The summed E-state index contributed by atoms with van der Waals surface area (Å²) >= 11 is 0. The van der Waals surface area contributed by atoms with Gasteiger partial charge in [-0.25, -0.2) is 8.42 Å². The summed E-state index contributed by atoms with van der Waals surface area (Å²) in [6.45, 7) is 2.19. The van der Waals surface area contributed by atoms with Gasteiger partial charge in [0.15, 0.2) is 11.5 Å². The third kappa shape index (κ3) is 5.29. The summed E-state index contributed by atoms with van der Waals surface area (Å²) in [5, 5.41) is 5.83. The SMILES string of the molecule is O=C(CNc1ccc(S(=O)(=O)N2CCCCCC2)cc1)Nc1ccc2c(c1)OCCO2. The highest BCUT2D eigenvalue weighted by atomic mass is 32.2. The van der Waals surface area contributed by atoms with Gasteiger partial charge >= 0.3 is 0 Å². The summed E-state index contributed by atoms with van der Waals surface area (Å²) in [7, 11) is -3.48. The molecule has 0 radical (unpaired) electrons. The molecule has 2 N–H and O–H groups in total. The Bertz CT molecular complexity index is 1020. The van der Waals surface area contributed by atoms with E-state index >= 15 is 0 Å². The first-order chi connectivity index (χ1) is 15.0. The first-order valence-corrected chi connectivity index (χ1v) is 12.0. The molecule has 0 bridgehead atoms. The van der Waals surface area contributed by atoms with Crippen molar-refractivity contribution in [3.63, 3.8) is 0 Å². The average Bonchev–Trinajstić information content (AvgIpc) is 3.08. The average molecular weight is 446 g/mol. The highest BCUT2D eigenvalue weighted by Crippen LogP contribution is 2.32. The fourth-order valence-electron chi connectivity index (χ4n) is 3.68. The number of fused-ring (bicyclic) bond motifs is 1. The second kappa shape index (κ2) is 9.57. The second-order valence-electron chi connectivity index (χ2n) is 7.60. The van der Waals surface area contributed by atoms with E-state index < -0.39 is 10.0 Å². The van der Waals surface area contributed by atoms with Gasteiger partial charge in [0.05, 0.1) is 11.4 Å². The molecule has 8 nitrogen and oxygen atoms in total. The van der Waals surface area contributed by atoms with Crippen LogP contribution in [0.15, 0.2) is 47.4 Å². The van der Waals surface area contributed by atoms with Gasteiger partial charge in [0, 0.05) is 30.5 Å². The van der Waals surface area contributed by atoms with Crippen molar-refractivity contribution in [3.05, 3.63) is 42.5 Å². The van der Waals surface area contributed by atoms with Crippen LogP contribution in [0.1, 0.15) is 25.7 Å². The monoisotopic (exact) mass is 445 g/mol. The van der Waals surface area contributed by atoms with E-state index in [0.29, 0.717) is 49.2 Å². The minimum atomic E-state index is -3.48. The Labute approximate surface area is 182 Å². The maximum atomic E-state index is 12.8. The number of anilines is 2. The molecule has 2 aromatic carbocycles. The van der Waals surface area contributed by atoms with Crippen LogP contribution in [0.5, 0.6) is 11.5 Å². The van der Waals surface area contributed by atoms with Crippen molar-refractivity contribution in [1.82, 2.24) is 4.31 Å². The van der Waals surface area contributed by atoms with Gasteiger partial charge in [-0.2, -0.15) is 4.31 Å². The van der Waals surface area contributed by atoms with Crippen molar-refractivity contribution in [2.45, 2.75) is 30.6 Å². The molecule has 1 saturated heterocycles. The third-order valence-electron chi connectivity index (χ3n) is 5.34. The smallest absolute Gasteiger partial charge is 0.243 e. The molecule has 0 aromatic heterocycles. The van der Waals surface area contributed by atoms with E-state index in [1.807, 2.05) is 0 Å². The predicted molar refractivity (Wildman–Crippen MR) is 118 cm³/mol. The molecule has 2 aliphatic heterocycles. The molecule has 9 heteroatoms. The topological polar surface area (TPSA) is 97.0 Å². The molecule has 4 rings (SSSR count). The Morgan fingerprint density at radius 1 is 0.871 bits per heavy atom. The number of ether oxygens (including phenoxy) is 2. The van der Waals surface area contributed by atoms with E-state index in [-0.39, 0.29) is 17.3 Å². The van der Waals surface area contributed by atoms with Gasteiger partial charge in [-0.1, -0.05) is 12.8 Å². The number of rotatable bonds is 6. The Hall–Kier alpha value is -2.78. The summed E-state index contributed by atoms with van der Waals surface area (Å²) in [5.74, 6) is 1.05. The van der Waals surface area contributed by atoms with Crippen molar-refractivity contribution in [3.8, 4) is 11.5 Å². The third-order valence-corrected chi connectivity index (χ3v) is 7.25. The van der Waals surface area contributed by atoms with Gasteiger partial charge in [-0.05, 0) is 49.2 Å². The van der Waals surface area contributed by atoms with E-state index in [1.165, 1.54) is 0 Å². The van der Waals surface area contributed by atoms with Crippen molar-refractivity contribution in [2.24, 2.45) is 0 Å². The predicted octanol–water partition coefficient (Wildman–Crippen LogP) is 3.07. The van der Waals surface area contributed by atoms with Crippen molar-refractivity contribution in [2.75, 3.05) is 43.5 Å². The van der Waals surface area contributed by atoms with E-state index in [0.717, 1.165) is 25.7 Å². The van der Waals surface area contributed by atoms with Crippen LogP contribution < -0.4 is 20.1 Å². The van der Waals surface area contributed by atoms with Crippen molar-refractivity contribution in [1.29, 1.82) is 0 Å². The molecule has 166 valence electrons. The fraction of sp³-hybridized carbons (Fsp3) is 0.409. The summed E-state index contributed by atoms with van der Waals surface area (Å²) < 4.78 is 38.3. The van der Waals surface area contributed by atoms with Gasteiger partial charge in [0.25, 0.3) is 0 Å². The zero-order valence-corrected chi connectivity index (χ0v) is 18.1. The van der Waals surface area contributed by atoms with Crippen molar-refractivity contribution >= 4 is 27.3 Å². The molecule has 31 heavy (non-hydrogen) atoms. The zero-order valence-electron chi connectivity index (χ0n) is 17.3. The lowest BCUT2D eigenvalue weighted by Crippen LogP contribution is -2.31. The number of sulfonamides is 1. The number of hydrogen-bond donors (Lipinski definition) is 2. The molecule has 2 aliphatic rings. The van der Waals surface area contributed by atoms with Crippen LogP contribution in [-0.2, 0) is 14.8 Å². The maximum absolute atomic E-state index is 12.8. The van der Waals surface area contributed by atoms with Crippen LogP contribution in [0.4, 0.5) is 11.4 Å². The molecular weight excluding hydrogens is 418 g/mol. The number of nitrogens with zero attached hydrogens (tertiary/aromatic N) is 1. The van der Waals surface area contributed by atoms with E-state index in [4.69, 9.17) is 9.47 Å². The van der Waals surface area contributed by atoms with Gasteiger partial charge in [-0.15, -0.1) is 0 Å². The quantitative estimate of drug-likeness (QED) is 0.709. The fourth-order valence-corrected chi connectivity index (χ4v) is 5.20. The highest BCUT2D eigenvalue weighted by molar-refractivity contribution is 7.89. The van der Waals surface area contributed by atoms with Crippen LogP contribution in [0, 0.1) is 0 Å². The number of hydrogen-bond acceptors (Lipinski definition) is 6. The van der Waals surface area contributed by atoms with E-state index in [1.54, 1.807) is 46.8 Å². The first kappa shape index (κ1) is 21.5. The number of nitrogens with one attached hydrogen (secondary N) is 2. The largest absolute Gasteiger partial charge is 0.486 e. The van der Waals surface area contributed by atoms with Crippen LogP contribution in [-0.4, -0.2) is 51.5 Å². The summed E-state index contributed by atoms with van der Waals surface area (Å²) in [6.07, 6.45) is 3.95. The van der Waals surface area contributed by atoms with Crippen LogP contribution in [0.2, 0.25) is 0 Å². The Morgan fingerprint density at radius 3 is 2.23 bits per heavy atom. The molecule has 0 saturated carbocycles. The van der Waals surface area contributed by atoms with E-state index in [2.05, 4.69) is 10.6 Å². The second-order valence-corrected chi connectivity index (χ2v) is 9.54. The Kier molecular flexibility index (Phi) is 6.62. The molecular formula is C22H27N3O5S. The Morgan fingerprint density at radius 2 is 1.52 bits per heavy atom. The van der Waals surface area contributed by atoms with Gasteiger partial charge in [0.1, 0.15) is 13.2 Å². The van der Waals surface area contributed by atoms with Crippen molar-refractivity contribution < 1.29 is 22.7 Å². The van der Waals surface area contributed by atoms with Crippen LogP contribution in [0.25, 0.3) is 0 Å². The van der Waals surface area contributed by atoms with Crippen LogP contribution in [0.3, 0.4) is 0 Å². The molecule has 0 spiro atoms. The molecule has 0 unspecified atom stereocenters. The van der Waals surface area contributed by atoms with Gasteiger partial charge < -0.3 is 20.1 Å². The number of carbonyl (C=O) groups is 1. The molecule has 2 aromatic rings. The number of amides is 1. The van der Waals surface area contributed by atoms with Gasteiger partial charge in [0.2, 0.25) is 15.9 Å². The molecule has 0 atom stereocenters. The van der Waals surface area contributed by atoms with Crippen LogP contribution >= 0.6 is 0 Å². The normalized spacial score (nSPS) is 16.9. The molecule has 1 amide bonds. The lowest BCUT2D eigenvalue weighted by Gasteiger charge is -2.20. The minimum Gasteiger partial charge on any atom is -0.486 e. The standard InChI is InChI=1S/C22H27N3O5S/c26-22(24-18-7-10-20-21(15-18)30-14-13-29-20)16-23-17-5-8-19(9-6-17)31(27,28)25-11-3-1-2-4-12-25/h5-10,15,23H,1-4,11-14,16H2,(H,24,26). The Balaban J connectivity index is 1.32. The van der Waals surface area contributed by atoms with E-state index in [9.17, 15) is 13.2 Å². The number of benzene rings is 2. The highest BCUT2D eigenvalue weighted by Gasteiger charge is 2.24. The minimum absolute atomic E-state index is 0.0483.